The fraction of sp³-hybridized carbons (Fsp3) is 0.417. The Morgan fingerprint density at radius 2 is 2.18 bits per heavy atom. The van der Waals surface area contributed by atoms with Crippen LogP contribution in [0.4, 0.5) is 10.5 Å². The summed E-state index contributed by atoms with van der Waals surface area (Å²) >= 11 is 0. The fourth-order valence-corrected chi connectivity index (χ4v) is 1.94. The van der Waals surface area contributed by atoms with Gasteiger partial charge < -0.3 is 14.9 Å². The number of hydrogen-bond acceptors (Lipinski definition) is 4. The second kappa shape index (κ2) is 4.25. The number of rotatable bonds is 3. The van der Waals surface area contributed by atoms with E-state index in [-0.39, 0.29) is 12.4 Å². The number of anilines is 1. The molecular formula is C12H15NO4. The summed E-state index contributed by atoms with van der Waals surface area (Å²) in [6.45, 7) is 2.05. The van der Waals surface area contributed by atoms with E-state index in [0.717, 1.165) is 0 Å². The topological polar surface area (TPSA) is 70.0 Å². The Labute approximate surface area is 99.2 Å². The molecule has 2 N–H and O–H groups in total. The van der Waals surface area contributed by atoms with E-state index in [1.165, 1.54) is 11.0 Å². The van der Waals surface area contributed by atoms with Gasteiger partial charge in [-0.05, 0) is 19.1 Å². The van der Waals surface area contributed by atoms with Gasteiger partial charge in [0.1, 0.15) is 11.4 Å². The Hall–Kier alpha value is -1.75. The van der Waals surface area contributed by atoms with Crippen LogP contribution in [0.3, 0.4) is 0 Å². The lowest BCUT2D eigenvalue weighted by Crippen LogP contribution is -2.32. The van der Waals surface area contributed by atoms with Crippen LogP contribution in [-0.2, 0) is 4.74 Å². The van der Waals surface area contributed by atoms with E-state index in [2.05, 4.69) is 0 Å². The van der Waals surface area contributed by atoms with Gasteiger partial charge in [0.05, 0.1) is 12.2 Å². The Morgan fingerprint density at radius 1 is 1.47 bits per heavy atom. The first kappa shape index (κ1) is 11.7. The van der Waals surface area contributed by atoms with Gasteiger partial charge >= 0.3 is 6.09 Å². The zero-order chi connectivity index (χ0) is 12.5. The van der Waals surface area contributed by atoms with E-state index in [1.54, 1.807) is 25.1 Å². The van der Waals surface area contributed by atoms with Crippen LogP contribution in [0.25, 0.3) is 0 Å². The quantitative estimate of drug-likeness (QED) is 0.835. The first-order valence-electron chi connectivity index (χ1n) is 5.45. The zero-order valence-corrected chi connectivity index (χ0v) is 9.59. The van der Waals surface area contributed by atoms with Crippen molar-refractivity contribution in [2.24, 2.45) is 0 Å². The molecule has 1 fully saturated rings. The minimum Gasteiger partial charge on any atom is -0.506 e. The molecule has 1 aromatic rings. The molecule has 1 aromatic carbocycles. The van der Waals surface area contributed by atoms with Gasteiger partial charge in [0.25, 0.3) is 0 Å². The number of carbonyl (C=O) groups is 1. The molecule has 5 nitrogen and oxygen atoms in total. The molecule has 0 bridgehead atoms. The fourth-order valence-electron chi connectivity index (χ4n) is 1.94. The van der Waals surface area contributed by atoms with Crippen LogP contribution >= 0.6 is 0 Å². The maximum atomic E-state index is 11.7. The van der Waals surface area contributed by atoms with Crippen molar-refractivity contribution < 1.29 is 19.7 Å². The van der Waals surface area contributed by atoms with Crippen LogP contribution in [0.1, 0.15) is 13.3 Å². The van der Waals surface area contributed by atoms with Crippen LogP contribution in [0.5, 0.6) is 5.75 Å². The Balaban J connectivity index is 2.25. The number of carbonyl (C=O) groups excluding carboxylic acids is 1. The number of hydrogen-bond donors (Lipinski definition) is 2. The summed E-state index contributed by atoms with van der Waals surface area (Å²) in [5.74, 6) is 0.0395. The van der Waals surface area contributed by atoms with Crippen LogP contribution in [-0.4, -0.2) is 35.1 Å². The first-order chi connectivity index (χ1) is 8.06. The molecule has 1 aliphatic heterocycles. The smallest absolute Gasteiger partial charge is 0.415 e. The van der Waals surface area contributed by atoms with Crippen molar-refractivity contribution in [3.8, 4) is 5.75 Å². The number of phenolic OH excluding ortho intramolecular Hbond substituents is 1. The molecule has 1 saturated heterocycles. The van der Waals surface area contributed by atoms with Gasteiger partial charge in [0, 0.05) is 13.0 Å². The molecule has 0 spiro atoms. The van der Waals surface area contributed by atoms with E-state index < -0.39 is 11.7 Å². The van der Waals surface area contributed by atoms with Crippen molar-refractivity contribution in [2.75, 3.05) is 18.1 Å². The van der Waals surface area contributed by atoms with Crippen molar-refractivity contribution in [2.45, 2.75) is 18.9 Å². The highest BCUT2D eigenvalue weighted by molar-refractivity contribution is 5.91. The predicted molar refractivity (Wildman–Crippen MR) is 62.0 cm³/mol. The molecule has 5 heteroatoms. The van der Waals surface area contributed by atoms with Crippen molar-refractivity contribution in [3.05, 3.63) is 24.3 Å². The molecule has 92 valence electrons. The van der Waals surface area contributed by atoms with Crippen LogP contribution < -0.4 is 4.90 Å². The summed E-state index contributed by atoms with van der Waals surface area (Å²) in [7, 11) is 0. The third-order valence-electron chi connectivity index (χ3n) is 2.86. The second-order valence-corrected chi connectivity index (χ2v) is 4.37. The van der Waals surface area contributed by atoms with E-state index in [0.29, 0.717) is 18.7 Å². The Bertz CT molecular complexity index is 434. The van der Waals surface area contributed by atoms with Crippen molar-refractivity contribution in [3.63, 3.8) is 0 Å². The summed E-state index contributed by atoms with van der Waals surface area (Å²) in [5, 5.41) is 18.6. The Kier molecular flexibility index (Phi) is 2.93. The highest BCUT2D eigenvalue weighted by Gasteiger charge is 2.42. The van der Waals surface area contributed by atoms with Crippen LogP contribution in [0.15, 0.2) is 24.3 Å². The third kappa shape index (κ3) is 2.19. The molecular weight excluding hydrogens is 222 g/mol. The van der Waals surface area contributed by atoms with E-state index in [1.807, 2.05) is 0 Å². The van der Waals surface area contributed by atoms with Crippen molar-refractivity contribution in [1.29, 1.82) is 0 Å². The SMILES string of the molecule is CC1(CCO)CN(c2ccccc2O)C(=O)O1. The summed E-state index contributed by atoms with van der Waals surface area (Å²) in [4.78, 5) is 13.1. The third-order valence-corrected chi connectivity index (χ3v) is 2.86. The number of ether oxygens (including phenoxy) is 1. The normalized spacial score (nSPS) is 23.9. The number of para-hydroxylation sites is 2. The molecule has 0 aromatic heterocycles. The summed E-state index contributed by atoms with van der Waals surface area (Å²) < 4.78 is 5.23. The summed E-state index contributed by atoms with van der Waals surface area (Å²) in [6.07, 6.45) is -0.120. The average molecular weight is 237 g/mol. The molecule has 0 radical (unpaired) electrons. The van der Waals surface area contributed by atoms with E-state index >= 15 is 0 Å². The van der Waals surface area contributed by atoms with Gasteiger partial charge in [-0.15, -0.1) is 0 Å². The number of aliphatic hydroxyl groups excluding tert-OH is 1. The first-order valence-corrected chi connectivity index (χ1v) is 5.45. The molecule has 0 saturated carbocycles. The minimum atomic E-state index is -0.700. The number of benzene rings is 1. The summed E-state index contributed by atoms with van der Waals surface area (Å²) in [6, 6.07) is 6.60. The number of cyclic esters (lactones) is 1. The number of amides is 1. The lowest BCUT2D eigenvalue weighted by atomic mass is 10.0. The maximum Gasteiger partial charge on any atom is 0.415 e. The molecule has 1 unspecified atom stereocenters. The molecule has 1 aliphatic rings. The molecule has 17 heavy (non-hydrogen) atoms. The lowest BCUT2D eigenvalue weighted by Gasteiger charge is -2.20. The lowest BCUT2D eigenvalue weighted by molar-refractivity contribution is 0.0502. The molecule has 1 atom stereocenters. The van der Waals surface area contributed by atoms with Gasteiger partial charge in [0.15, 0.2) is 0 Å². The van der Waals surface area contributed by atoms with E-state index in [4.69, 9.17) is 9.84 Å². The highest BCUT2D eigenvalue weighted by Crippen LogP contribution is 2.34. The maximum absolute atomic E-state index is 11.7. The van der Waals surface area contributed by atoms with Gasteiger partial charge in [-0.2, -0.15) is 0 Å². The predicted octanol–water partition coefficient (Wildman–Crippen LogP) is 1.49. The Morgan fingerprint density at radius 3 is 2.82 bits per heavy atom. The monoisotopic (exact) mass is 237 g/mol. The summed E-state index contributed by atoms with van der Waals surface area (Å²) in [5.41, 5.74) is -0.271. The van der Waals surface area contributed by atoms with Crippen LogP contribution in [0, 0.1) is 0 Å². The standard InChI is InChI=1S/C12H15NO4/c1-12(6-7-14)8-13(11(16)17-12)9-4-2-3-5-10(9)15/h2-5,14-15H,6-8H2,1H3. The number of aliphatic hydroxyl groups is 1. The van der Waals surface area contributed by atoms with Gasteiger partial charge in [0.2, 0.25) is 0 Å². The number of aromatic hydroxyl groups is 1. The number of phenols is 1. The molecule has 1 amide bonds. The van der Waals surface area contributed by atoms with Crippen molar-refractivity contribution in [1.82, 2.24) is 0 Å². The van der Waals surface area contributed by atoms with Crippen molar-refractivity contribution >= 4 is 11.8 Å². The van der Waals surface area contributed by atoms with Gasteiger partial charge in [-0.25, -0.2) is 4.79 Å². The molecule has 0 aliphatic carbocycles. The minimum absolute atomic E-state index is 0.0395. The highest BCUT2D eigenvalue weighted by atomic mass is 16.6. The van der Waals surface area contributed by atoms with E-state index in [9.17, 15) is 9.90 Å². The van der Waals surface area contributed by atoms with Gasteiger partial charge in [-0.1, -0.05) is 12.1 Å². The van der Waals surface area contributed by atoms with Gasteiger partial charge in [-0.3, -0.25) is 4.90 Å². The molecule has 2 rings (SSSR count). The van der Waals surface area contributed by atoms with Crippen LogP contribution in [0.2, 0.25) is 0 Å². The molecule has 1 heterocycles. The largest absolute Gasteiger partial charge is 0.506 e. The second-order valence-electron chi connectivity index (χ2n) is 4.37. The number of nitrogens with zero attached hydrogens (tertiary/aromatic N) is 1. The zero-order valence-electron chi connectivity index (χ0n) is 9.59. The average Bonchev–Trinajstić information content (AvgIpc) is 2.55.